The van der Waals surface area contributed by atoms with Gasteiger partial charge in [-0.3, -0.25) is 4.79 Å². The summed E-state index contributed by atoms with van der Waals surface area (Å²) in [5, 5.41) is 0. The molecule has 4 nitrogen and oxygen atoms in total. The number of nitrogens with zero attached hydrogens (tertiary/aromatic N) is 1. The first-order valence-electron chi connectivity index (χ1n) is 9.47. The van der Waals surface area contributed by atoms with Gasteiger partial charge in [0.1, 0.15) is 5.75 Å². The van der Waals surface area contributed by atoms with Gasteiger partial charge in [-0.15, -0.1) is 0 Å². The third kappa shape index (κ3) is 4.84. The summed E-state index contributed by atoms with van der Waals surface area (Å²) in [4.78, 5) is 12.2. The monoisotopic (exact) mass is 431 g/mol. The number of halogens is 2. The second-order valence-electron chi connectivity index (χ2n) is 7.06. The molecule has 0 aliphatic heterocycles. The van der Waals surface area contributed by atoms with Crippen LogP contribution in [0.1, 0.15) is 25.1 Å². The van der Waals surface area contributed by atoms with Crippen molar-refractivity contribution in [1.29, 1.82) is 0 Å². The number of esters is 1. The van der Waals surface area contributed by atoms with Gasteiger partial charge in [-0.25, -0.2) is 8.78 Å². The lowest BCUT2D eigenvalue weighted by Crippen LogP contribution is -2.14. The zero-order valence-electron chi connectivity index (χ0n) is 17.2. The van der Waals surface area contributed by atoms with Gasteiger partial charge in [-0.1, -0.05) is 0 Å². The summed E-state index contributed by atoms with van der Waals surface area (Å²) in [6, 6.07) is 13.1. The van der Waals surface area contributed by atoms with Crippen LogP contribution in [-0.4, -0.2) is 22.9 Å². The number of ether oxygens (including phenoxy) is 1. The first kappa shape index (κ1) is 21.9. The summed E-state index contributed by atoms with van der Waals surface area (Å²) in [5.74, 6) is -1.49. The molecular weight excluding hydrogens is 408 g/mol. The molecule has 0 fully saturated rings. The lowest BCUT2D eigenvalue weighted by molar-refractivity contribution is -0.146. The van der Waals surface area contributed by atoms with E-state index in [0.717, 1.165) is 34.6 Å². The molecule has 0 N–H and O–H groups in total. The van der Waals surface area contributed by atoms with Crippen LogP contribution in [0.25, 0.3) is 16.9 Å². The van der Waals surface area contributed by atoms with Crippen LogP contribution in [0.5, 0.6) is 5.75 Å². The molecule has 0 radical (unpaired) electrons. The predicted molar refractivity (Wildman–Crippen MR) is 115 cm³/mol. The van der Waals surface area contributed by atoms with Crippen LogP contribution >= 0.6 is 12.0 Å². The molecule has 0 saturated carbocycles. The van der Waals surface area contributed by atoms with Gasteiger partial charge in [0.2, 0.25) is 0 Å². The summed E-state index contributed by atoms with van der Waals surface area (Å²) >= 11 is 1.24. The number of benzene rings is 2. The van der Waals surface area contributed by atoms with Gasteiger partial charge in [-0.05, 0) is 74.4 Å². The summed E-state index contributed by atoms with van der Waals surface area (Å²) in [5.41, 5.74) is 3.57. The Morgan fingerprint density at radius 3 is 2.37 bits per heavy atom. The average Bonchev–Trinajstić information content (AvgIpc) is 3.00. The van der Waals surface area contributed by atoms with Crippen LogP contribution < -0.4 is 4.18 Å². The van der Waals surface area contributed by atoms with E-state index in [0.29, 0.717) is 11.4 Å². The van der Waals surface area contributed by atoms with Gasteiger partial charge in [0.25, 0.3) is 0 Å². The van der Waals surface area contributed by atoms with E-state index in [1.807, 2.05) is 48.1 Å². The van der Waals surface area contributed by atoms with Gasteiger partial charge in [0.05, 0.1) is 30.3 Å². The molecule has 2 aromatic carbocycles. The van der Waals surface area contributed by atoms with Gasteiger partial charge in [0.15, 0.2) is 11.6 Å². The number of carbonyl (C=O) groups excluding carboxylic acids is 1. The van der Waals surface area contributed by atoms with Crippen LogP contribution in [-0.2, 0) is 16.0 Å². The van der Waals surface area contributed by atoms with E-state index in [2.05, 4.69) is 0 Å². The van der Waals surface area contributed by atoms with E-state index < -0.39 is 11.6 Å². The molecule has 1 aromatic heterocycles. The predicted octanol–water partition coefficient (Wildman–Crippen LogP) is 5.88. The van der Waals surface area contributed by atoms with Crippen molar-refractivity contribution in [3.8, 4) is 22.7 Å². The third-order valence-corrected chi connectivity index (χ3v) is 4.90. The summed E-state index contributed by atoms with van der Waals surface area (Å²) in [7, 11) is 0. The van der Waals surface area contributed by atoms with Crippen LogP contribution in [0.15, 0.2) is 48.5 Å². The highest BCUT2D eigenvalue weighted by Crippen LogP contribution is 2.32. The van der Waals surface area contributed by atoms with Gasteiger partial charge < -0.3 is 13.5 Å². The molecule has 1 heterocycles. The Bertz CT molecular complexity index is 1050. The van der Waals surface area contributed by atoms with Crippen molar-refractivity contribution in [2.75, 3.05) is 6.26 Å². The number of hydrogen-bond acceptors (Lipinski definition) is 4. The zero-order valence-corrected chi connectivity index (χ0v) is 18.1. The average molecular weight is 432 g/mol. The Labute approximate surface area is 179 Å². The molecule has 0 spiro atoms. The van der Waals surface area contributed by atoms with Crippen molar-refractivity contribution in [2.45, 2.75) is 33.3 Å². The largest absolute Gasteiger partial charge is 0.463 e. The Morgan fingerprint density at radius 2 is 1.77 bits per heavy atom. The highest BCUT2D eigenvalue weighted by atomic mass is 32.2. The zero-order chi connectivity index (χ0) is 21.8. The van der Waals surface area contributed by atoms with E-state index in [1.54, 1.807) is 13.8 Å². The fraction of sp³-hybridized carbons (Fsp3) is 0.261. The van der Waals surface area contributed by atoms with Crippen molar-refractivity contribution in [1.82, 2.24) is 4.57 Å². The molecule has 0 bridgehead atoms. The maximum absolute atomic E-state index is 13.9. The molecule has 0 amide bonds. The third-order valence-electron chi connectivity index (χ3n) is 4.54. The molecule has 0 atom stereocenters. The van der Waals surface area contributed by atoms with Gasteiger partial charge >= 0.3 is 5.97 Å². The highest BCUT2D eigenvalue weighted by molar-refractivity contribution is 7.94. The summed E-state index contributed by atoms with van der Waals surface area (Å²) in [6.07, 6.45) is 1.70. The molecular formula is C23H23F2NO3S. The standard InChI is InChI=1S/C23H23F2NO3S/c1-14(2)28-23(27)12-17-11-22(16-5-8-19(9-6-16)29-30-4)26(15(17)3)18-7-10-20(24)21(25)13-18/h5-11,13-14H,12H2,1-4H3. The highest BCUT2D eigenvalue weighted by Gasteiger charge is 2.19. The Morgan fingerprint density at radius 1 is 1.07 bits per heavy atom. The number of aromatic nitrogens is 1. The number of carbonyl (C=O) groups is 1. The van der Waals surface area contributed by atoms with E-state index in [1.165, 1.54) is 18.1 Å². The van der Waals surface area contributed by atoms with Crippen LogP contribution in [0.2, 0.25) is 0 Å². The van der Waals surface area contributed by atoms with Crippen LogP contribution in [0.4, 0.5) is 8.78 Å². The lowest BCUT2D eigenvalue weighted by atomic mass is 10.1. The fourth-order valence-corrected chi connectivity index (χ4v) is 3.55. The first-order chi connectivity index (χ1) is 14.3. The van der Waals surface area contributed by atoms with Crippen molar-refractivity contribution in [2.24, 2.45) is 0 Å². The van der Waals surface area contributed by atoms with E-state index >= 15 is 0 Å². The molecule has 158 valence electrons. The molecule has 0 aliphatic carbocycles. The summed E-state index contributed by atoms with van der Waals surface area (Å²) < 4.78 is 39.9. The van der Waals surface area contributed by atoms with Crippen LogP contribution in [0.3, 0.4) is 0 Å². The second kappa shape index (κ2) is 9.34. The molecule has 3 rings (SSSR count). The Hall–Kier alpha value is -2.80. The second-order valence-corrected chi connectivity index (χ2v) is 7.56. The van der Waals surface area contributed by atoms with Crippen molar-refractivity contribution in [3.63, 3.8) is 0 Å². The van der Waals surface area contributed by atoms with E-state index in [-0.39, 0.29) is 18.5 Å². The fourth-order valence-electron chi connectivity index (χ4n) is 3.24. The molecule has 0 saturated heterocycles. The normalized spacial score (nSPS) is 11.0. The molecule has 0 unspecified atom stereocenters. The first-order valence-corrected chi connectivity index (χ1v) is 10.6. The van der Waals surface area contributed by atoms with Crippen molar-refractivity contribution < 1.29 is 22.5 Å². The Balaban J connectivity index is 2.09. The minimum atomic E-state index is -0.934. The summed E-state index contributed by atoms with van der Waals surface area (Å²) in [6.45, 7) is 5.43. The molecule has 3 aromatic rings. The maximum atomic E-state index is 13.9. The quantitative estimate of drug-likeness (QED) is 0.346. The number of hydrogen-bond donors (Lipinski definition) is 0. The molecule has 0 aliphatic rings. The SMILES string of the molecule is CSOc1ccc(-c2cc(CC(=O)OC(C)C)c(C)n2-c2ccc(F)c(F)c2)cc1. The lowest BCUT2D eigenvalue weighted by Gasteiger charge is -2.13. The minimum absolute atomic E-state index is 0.0847. The van der Waals surface area contributed by atoms with Crippen molar-refractivity contribution >= 4 is 18.0 Å². The van der Waals surface area contributed by atoms with E-state index in [9.17, 15) is 13.6 Å². The van der Waals surface area contributed by atoms with E-state index in [4.69, 9.17) is 8.92 Å². The minimum Gasteiger partial charge on any atom is -0.463 e. The topological polar surface area (TPSA) is 40.5 Å². The maximum Gasteiger partial charge on any atom is 0.310 e. The van der Waals surface area contributed by atoms with Gasteiger partial charge in [0, 0.05) is 23.7 Å². The molecule has 7 heteroatoms. The Kier molecular flexibility index (Phi) is 6.82. The van der Waals surface area contributed by atoms with Crippen LogP contribution in [0, 0.1) is 18.6 Å². The van der Waals surface area contributed by atoms with Crippen molar-refractivity contribution in [3.05, 3.63) is 71.4 Å². The molecule has 30 heavy (non-hydrogen) atoms. The smallest absolute Gasteiger partial charge is 0.310 e. The van der Waals surface area contributed by atoms with Gasteiger partial charge in [-0.2, -0.15) is 0 Å². The number of rotatable bonds is 7.